The monoisotopic (exact) mass is 375 g/mol. The molecule has 1 aromatic heterocycles. The summed E-state index contributed by atoms with van der Waals surface area (Å²) >= 11 is 0. The lowest BCUT2D eigenvalue weighted by atomic mass is 9.92. The first kappa shape index (κ1) is 18.3. The van der Waals surface area contributed by atoms with Gasteiger partial charge in [0, 0.05) is 11.3 Å². The molecular formula is C23H25N3O2. The van der Waals surface area contributed by atoms with E-state index in [1.165, 1.54) is 11.3 Å². The SMILES string of the molecule is O=C(CCOc1ccccc1)N[C@H]1CCCc2c1cnn2Cc1ccccc1. The third kappa shape index (κ3) is 4.42. The highest BCUT2D eigenvalue weighted by atomic mass is 16.5. The fraction of sp³-hybridized carbons (Fsp3) is 0.304. The molecule has 1 heterocycles. The molecule has 0 aliphatic heterocycles. The average molecular weight is 375 g/mol. The van der Waals surface area contributed by atoms with Crippen molar-refractivity contribution in [3.05, 3.63) is 83.7 Å². The molecule has 1 amide bonds. The molecule has 1 N–H and O–H groups in total. The van der Waals surface area contributed by atoms with Gasteiger partial charge in [0.15, 0.2) is 0 Å². The Morgan fingerprint density at radius 1 is 1.11 bits per heavy atom. The van der Waals surface area contributed by atoms with Gasteiger partial charge in [-0.3, -0.25) is 9.48 Å². The van der Waals surface area contributed by atoms with E-state index in [0.29, 0.717) is 13.0 Å². The second-order valence-electron chi connectivity index (χ2n) is 7.11. The van der Waals surface area contributed by atoms with E-state index in [2.05, 4.69) is 27.2 Å². The van der Waals surface area contributed by atoms with Gasteiger partial charge in [0.2, 0.25) is 5.91 Å². The van der Waals surface area contributed by atoms with Crippen LogP contribution < -0.4 is 10.1 Å². The zero-order valence-electron chi connectivity index (χ0n) is 15.9. The summed E-state index contributed by atoms with van der Waals surface area (Å²) in [4.78, 5) is 12.4. The zero-order valence-corrected chi connectivity index (χ0v) is 15.9. The van der Waals surface area contributed by atoms with Crippen LogP contribution in [0.15, 0.2) is 66.9 Å². The van der Waals surface area contributed by atoms with Gasteiger partial charge in [-0.25, -0.2) is 0 Å². The minimum Gasteiger partial charge on any atom is -0.493 e. The molecule has 5 heteroatoms. The van der Waals surface area contributed by atoms with Crippen LogP contribution in [-0.2, 0) is 17.8 Å². The van der Waals surface area contributed by atoms with Gasteiger partial charge in [0.25, 0.3) is 0 Å². The Morgan fingerprint density at radius 2 is 1.86 bits per heavy atom. The van der Waals surface area contributed by atoms with Gasteiger partial charge in [-0.2, -0.15) is 5.10 Å². The Morgan fingerprint density at radius 3 is 2.64 bits per heavy atom. The number of nitrogens with one attached hydrogen (secondary N) is 1. The van der Waals surface area contributed by atoms with Crippen molar-refractivity contribution in [2.75, 3.05) is 6.61 Å². The normalized spacial score (nSPS) is 15.6. The van der Waals surface area contributed by atoms with Gasteiger partial charge in [0.05, 0.1) is 31.8 Å². The summed E-state index contributed by atoms with van der Waals surface area (Å²) in [5, 5.41) is 7.76. The highest BCUT2D eigenvalue weighted by Gasteiger charge is 2.25. The van der Waals surface area contributed by atoms with E-state index in [0.717, 1.165) is 37.1 Å². The van der Waals surface area contributed by atoms with E-state index < -0.39 is 0 Å². The van der Waals surface area contributed by atoms with Crippen molar-refractivity contribution in [1.82, 2.24) is 15.1 Å². The van der Waals surface area contributed by atoms with Crippen molar-refractivity contribution >= 4 is 5.91 Å². The molecule has 3 aromatic rings. The van der Waals surface area contributed by atoms with E-state index >= 15 is 0 Å². The summed E-state index contributed by atoms with van der Waals surface area (Å²) < 4.78 is 7.70. The molecule has 1 aliphatic carbocycles. The lowest BCUT2D eigenvalue weighted by Crippen LogP contribution is -2.31. The summed E-state index contributed by atoms with van der Waals surface area (Å²) in [6, 6.07) is 20.0. The van der Waals surface area contributed by atoms with Crippen molar-refractivity contribution in [3.63, 3.8) is 0 Å². The lowest BCUT2D eigenvalue weighted by Gasteiger charge is -2.24. The zero-order chi connectivity index (χ0) is 19.2. The molecule has 1 aliphatic rings. The first-order chi connectivity index (χ1) is 13.8. The van der Waals surface area contributed by atoms with Gasteiger partial charge < -0.3 is 10.1 Å². The number of hydrogen-bond acceptors (Lipinski definition) is 3. The van der Waals surface area contributed by atoms with Crippen LogP contribution in [0.25, 0.3) is 0 Å². The van der Waals surface area contributed by atoms with E-state index in [1.54, 1.807) is 0 Å². The predicted octanol–water partition coefficient (Wildman–Crippen LogP) is 3.89. The number of carbonyl (C=O) groups is 1. The molecular weight excluding hydrogens is 350 g/mol. The largest absolute Gasteiger partial charge is 0.493 e. The molecule has 0 saturated heterocycles. The standard InChI is InChI=1S/C23H25N3O2/c27-23(14-15-28-19-10-5-2-6-11-19)25-21-12-7-13-22-20(21)16-24-26(22)17-18-8-3-1-4-9-18/h1-6,8-11,16,21H,7,12-15,17H2,(H,25,27)/t21-/m0/s1. The van der Waals surface area contributed by atoms with Crippen molar-refractivity contribution in [1.29, 1.82) is 0 Å². The van der Waals surface area contributed by atoms with Gasteiger partial charge in [-0.05, 0) is 37.0 Å². The summed E-state index contributed by atoms with van der Waals surface area (Å²) in [6.45, 7) is 1.14. The van der Waals surface area contributed by atoms with E-state index in [9.17, 15) is 4.79 Å². The van der Waals surface area contributed by atoms with Crippen LogP contribution in [0, 0.1) is 0 Å². The number of para-hydroxylation sites is 1. The van der Waals surface area contributed by atoms with Crippen LogP contribution >= 0.6 is 0 Å². The molecule has 28 heavy (non-hydrogen) atoms. The predicted molar refractivity (Wildman–Crippen MR) is 108 cm³/mol. The Hall–Kier alpha value is -3.08. The van der Waals surface area contributed by atoms with Crippen LogP contribution in [0.4, 0.5) is 0 Å². The number of aromatic nitrogens is 2. The van der Waals surface area contributed by atoms with E-state index in [-0.39, 0.29) is 11.9 Å². The Kier molecular flexibility index (Phi) is 5.71. The smallest absolute Gasteiger partial charge is 0.223 e. The molecule has 5 nitrogen and oxygen atoms in total. The average Bonchev–Trinajstić information content (AvgIpc) is 3.13. The molecule has 0 fully saturated rings. The number of fused-ring (bicyclic) bond motifs is 1. The Balaban J connectivity index is 1.35. The fourth-order valence-electron chi connectivity index (χ4n) is 3.71. The maximum absolute atomic E-state index is 12.4. The quantitative estimate of drug-likeness (QED) is 0.681. The summed E-state index contributed by atoms with van der Waals surface area (Å²) in [5.41, 5.74) is 3.62. The maximum Gasteiger partial charge on any atom is 0.223 e. The van der Waals surface area contributed by atoms with Crippen molar-refractivity contribution in [2.45, 2.75) is 38.3 Å². The van der Waals surface area contributed by atoms with Gasteiger partial charge in [0.1, 0.15) is 5.75 Å². The summed E-state index contributed by atoms with van der Waals surface area (Å²) in [6.07, 6.45) is 5.28. The number of rotatable bonds is 7. The first-order valence-corrected chi connectivity index (χ1v) is 9.85. The highest BCUT2D eigenvalue weighted by molar-refractivity contribution is 5.76. The van der Waals surface area contributed by atoms with Gasteiger partial charge in [-0.1, -0.05) is 48.5 Å². The Labute approximate surface area is 165 Å². The van der Waals surface area contributed by atoms with Crippen molar-refractivity contribution < 1.29 is 9.53 Å². The van der Waals surface area contributed by atoms with Crippen LogP contribution in [0.5, 0.6) is 5.75 Å². The second kappa shape index (κ2) is 8.74. The van der Waals surface area contributed by atoms with Crippen molar-refractivity contribution in [2.24, 2.45) is 0 Å². The number of carbonyl (C=O) groups excluding carboxylic acids is 1. The fourth-order valence-corrected chi connectivity index (χ4v) is 3.71. The van der Waals surface area contributed by atoms with Gasteiger partial charge >= 0.3 is 0 Å². The number of hydrogen-bond donors (Lipinski definition) is 1. The van der Waals surface area contributed by atoms with Gasteiger partial charge in [-0.15, -0.1) is 0 Å². The topological polar surface area (TPSA) is 56.1 Å². The highest BCUT2D eigenvalue weighted by Crippen LogP contribution is 2.30. The third-order valence-corrected chi connectivity index (χ3v) is 5.11. The molecule has 0 radical (unpaired) electrons. The molecule has 0 bridgehead atoms. The maximum atomic E-state index is 12.4. The molecule has 144 valence electrons. The lowest BCUT2D eigenvalue weighted by molar-refractivity contribution is -0.122. The third-order valence-electron chi connectivity index (χ3n) is 5.11. The minimum atomic E-state index is 0.0181. The second-order valence-corrected chi connectivity index (χ2v) is 7.11. The van der Waals surface area contributed by atoms with Crippen LogP contribution in [0.1, 0.15) is 42.1 Å². The van der Waals surface area contributed by atoms with Crippen LogP contribution in [-0.4, -0.2) is 22.3 Å². The Bertz CT molecular complexity index is 906. The van der Waals surface area contributed by atoms with Crippen LogP contribution in [0.2, 0.25) is 0 Å². The summed E-state index contributed by atoms with van der Waals surface area (Å²) in [7, 11) is 0. The first-order valence-electron chi connectivity index (χ1n) is 9.85. The number of benzene rings is 2. The molecule has 2 aromatic carbocycles. The molecule has 0 saturated carbocycles. The molecule has 0 unspecified atom stereocenters. The van der Waals surface area contributed by atoms with E-state index in [4.69, 9.17) is 4.74 Å². The number of ether oxygens (including phenoxy) is 1. The van der Waals surface area contributed by atoms with Crippen LogP contribution in [0.3, 0.4) is 0 Å². The summed E-state index contributed by atoms with van der Waals surface area (Å²) in [5.74, 6) is 0.807. The van der Waals surface area contributed by atoms with Crippen molar-refractivity contribution in [3.8, 4) is 5.75 Å². The molecule has 4 rings (SSSR count). The molecule has 0 spiro atoms. The minimum absolute atomic E-state index is 0.0181. The van der Waals surface area contributed by atoms with E-state index in [1.807, 2.05) is 54.7 Å². The number of nitrogens with zero attached hydrogens (tertiary/aromatic N) is 2. The molecule has 1 atom stereocenters. The number of amides is 1.